The van der Waals surface area contributed by atoms with Crippen molar-refractivity contribution in [3.8, 4) is 0 Å². The third kappa shape index (κ3) is 4.29. The highest BCUT2D eigenvalue weighted by Gasteiger charge is 2.63. The number of likely N-dealkylation sites (tertiary alicyclic amines) is 1. The number of anilines is 1. The number of amides is 3. The molecule has 3 aromatic carbocycles. The van der Waals surface area contributed by atoms with Crippen LogP contribution in [-0.2, 0) is 23.9 Å². The van der Waals surface area contributed by atoms with Crippen molar-refractivity contribution in [2.24, 2.45) is 17.8 Å². The number of benzene rings is 3. The first-order chi connectivity index (χ1) is 19.3. The van der Waals surface area contributed by atoms with Crippen LogP contribution in [0.1, 0.15) is 54.4 Å². The minimum Gasteiger partial charge on any atom is -0.454 e. The third-order valence-electron chi connectivity index (χ3n) is 8.21. The fourth-order valence-corrected chi connectivity index (χ4v) is 6.95. The Morgan fingerprint density at radius 3 is 1.85 bits per heavy atom. The molecule has 1 heterocycles. The van der Waals surface area contributed by atoms with Gasteiger partial charge >= 0.3 is 5.97 Å². The number of nitrogens with zero attached hydrogens (tertiary/aromatic N) is 1. The van der Waals surface area contributed by atoms with Crippen LogP contribution >= 0.6 is 11.6 Å². The van der Waals surface area contributed by atoms with E-state index in [9.17, 15) is 19.2 Å². The van der Waals surface area contributed by atoms with E-state index in [1.165, 1.54) is 0 Å². The van der Waals surface area contributed by atoms with Crippen LogP contribution < -0.4 is 5.32 Å². The van der Waals surface area contributed by atoms with Gasteiger partial charge in [0.15, 0.2) is 6.61 Å². The van der Waals surface area contributed by atoms with E-state index in [0.717, 1.165) is 27.2 Å². The number of carbonyl (C=O) groups is 4. The average molecular weight is 557 g/mol. The Labute approximate surface area is 237 Å². The van der Waals surface area contributed by atoms with E-state index in [1.54, 1.807) is 24.3 Å². The van der Waals surface area contributed by atoms with E-state index >= 15 is 0 Å². The van der Waals surface area contributed by atoms with E-state index in [-0.39, 0.29) is 36.0 Å². The minimum atomic E-state index is -1.12. The van der Waals surface area contributed by atoms with Crippen LogP contribution in [0, 0.1) is 17.8 Å². The molecule has 1 N–H and O–H groups in total. The second-order valence-corrected chi connectivity index (χ2v) is 11.6. The van der Waals surface area contributed by atoms with Crippen molar-refractivity contribution < 1.29 is 23.9 Å². The molecular formula is C32H29ClN2O5. The SMILES string of the molecule is CC(C)C[C@@H](C(=O)OCC(=O)Nc1cccc(Cl)c1)N1C(=O)[C@@H]2C3c4ccccc4C(c4ccccc43)[C@@H]2C1=O. The van der Waals surface area contributed by atoms with Gasteiger partial charge in [-0.15, -0.1) is 0 Å². The molecule has 0 spiro atoms. The summed E-state index contributed by atoms with van der Waals surface area (Å²) in [5, 5.41) is 3.09. The van der Waals surface area contributed by atoms with Gasteiger partial charge in [-0.1, -0.05) is 80.0 Å². The lowest BCUT2D eigenvalue weighted by Gasteiger charge is -2.45. The van der Waals surface area contributed by atoms with Gasteiger partial charge < -0.3 is 10.1 Å². The zero-order valence-corrected chi connectivity index (χ0v) is 22.9. The molecule has 2 bridgehead atoms. The first kappa shape index (κ1) is 26.3. The predicted octanol–water partition coefficient (Wildman–Crippen LogP) is 5.13. The molecular weight excluding hydrogens is 528 g/mol. The monoisotopic (exact) mass is 556 g/mol. The highest BCUT2D eigenvalue weighted by molar-refractivity contribution is 6.30. The molecule has 1 saturated heterocycles. The molecule has 3 atom stereocenters. The molecule has 3 aliphatic carbocycles. The Morgan fingerprint density at radius 2 is 1.38 bits per heavy atom. The summed E-state index contributed by atoms with van der Waals surface area (Å²) < 4.78 is 5.39. The van der Waals surface area contributed by atoms with Crippen LogP contribution in [0.2, 0.25) is 5.02 Å². The Morgan fingerprint density at radius 1 is 0.850 bits per heavy atom. The number of rotatable bonds is 7. The van der Waals surface area contributed by atoms with E-state index in [0.29, 0.717) is 10.7 Å². The van der Waals surface area contributed by atoms with Gasteiger partial charge in [0.05, 0.1) is 11.8 Å². The number of hydrogen-bond donors (Lipinski definition) is 1. The van der Waals surface area contributed by atoms with Crippen LogP contribution in [0.5, 0.6) is 0 Å². The first-order valence-corrected chi connectivity index (χ1v) is 13.9. The average Bonchev–Trinajstić information content (AvgIpc) is 3.20. The van der Waals surface area contributed by atoms with Gasteiger partial charge in [0.2, 0.25) is 11.8 Å². The molecule has 1 fully saturated rings. The highest BCUT2D eigenvalue weighted by atomic mass is 35.5. The van der Waals surface area contributed by atoms with Gasteiger partial charge in [-0.3, -0.25) is 19.3 Å². The second kappa shape index (κ2) is 10.2. The third-order valence-corrected chi connectivity index (χ3v) is 8.45. The summed E-state index contributed by atoms with van der Waals surface area (Å²) in [6, 6.07) is 21.5. The predicted molar refractivity (Wildman–Crippen MR) is 150 cm³/mol. The number of imide groups is 1. The minimum absolute atomic E-state index is 0.00724. The maximum Gasteiger partial charge on any atom is 0.329 e. The number of ether oxygens (including phenoxy) is 1. The molecule has 7 nitrogen and oxygen atoms in total. The summed E-state index contributed by atoms with van der Waals surface area (Å²) in [6.45, 7) is 3.28. The molecule has 1 aliphatic heterocycles. The number of carbonyl (C=O) groups excluding carboxylic acids is 4. The molecule has 40 heavy (non-hydrogen) atoms. The summed E-state index contributed by atoms with van der Waals surface area (Å²) in [7, 11) is 0. The molecule has 3 aromatic rings. The highest BCUT2D eigenvalue weighted by Crippen LogP contribution is 2.61. The van der Waals surface area contributed by atoms with Crippen molar-refractivity contribution in [2.75, 3.05) is 11.9 Å². The topological polar surface area (TPSA) is 92.8 Å². The Kier molecular flexibility index (Phi) is 6.70. The van der Waals surface area contributed by atoms with Gasteiger partial charge in [-0.2, -0.15) is 0 Å². The summed E-state index contributed by atoms with van der Waals surface area (Å²) in [5.74, 6) is -3.71. The van der Waals surface area contributed by atoms with Gasteiger partial charge in [0.25, 0.3) is 5.91 Å². The van der Waals surface area contributed by atoms with Crippen LogP contribution in [0.4, 0.5) is 5.69 Å². The lowest BCUT2D eigenvalue weighted by Crippen LogP contribution is -2.47. The zero-order valence-electron chi connectivity index (χ0n) is 22.2. The molecule has 8 heteroatoms. The van der Waals surface area contributed by atoms with E-state index in [2.05, 4.69) is 5.32 Å². The fraction of sp³-hybridized carbons (Fsp3) is 0.312. The number of hydrogen-bond acceptors (Lipinski definition) is 5. The van der Waals surface area contributed by atoms with Crippen molar-refractivity contribution in [3.63, 3.8) is 0 Å². The molecule has 0 radical (unpaired) electrons. The largest absolute Gasteiger partial charge is 0.454 e. The summed E-state index contributed by atoms with van der Waals surface area (Å²) in [6.07, 6.45) is 0.237. The first-order valence-electron chi connectivity index (χ1n) is 13.5. The molecule has 4 aliphatic rings. The quantitative estimate of drug-likeness (QED) is 0.322. The number of halogens is 1. The Balaban J connectivity index is 1.27. The van der Waals surface area contributed by atoms with Crippen LogP contribution in [0.15, 0.2) is 72.8 Å². The lowest BCUT2D eigenvalue weighted by atomic mass is 9.55. The van der Waals surface area contributed by atoms with E-state index in [4.69, 9.17) is 16.3 Å². The summed E-state index contributed by atoms with van der Waals surface area (Å²) in [4.78, 5) is 55.3. The lowest BCUT2D eigenvalue weighted by molar-refractivity contribution is -0.160. The van der Waals surface area contributed by atoms with Crippen molar-refractivity contribution >= 4 is 41.0 Å². The van der Waals surface area contributed by atoms with Crippen LogP contribution in [0.25, 0.3) is 0 Å². The maximum atomic E-state index is 14.1. The number of esters is 1. The van der Waals surface area contributed by atoms with Crippen molar-refractivity contribution in [1.29, 1.82) is 0 Å². The number of nitrogens with one attached hydrogen (secondary N) is 1. The van der Waals surface area contributed by atoms with Crippen LogP contribution in [-0.4, -0.2) is 41.2 Å². The van der Waals surface area contributed by atoms with Crippen molar-refractivity contribution in [2.45, 2.75) is 38.1 Å². The summed E-state index contributed by atoms with van der Waals surface area (Å²) in [5.41, 5.74) is 4.73. The molecule has 7 rings (SSSR count). The van der Waals surface area contributed by atoms with Gasteiger partial charge in [0, 0.05) is 22.5 Å². The normalized spacial score (nSPS) is 22.9. The smallest absolute Gasteiger partial charge is 0.329 e. The molecule has 3 amide bonds. The van der Waals surface area contributed by atoms with Crippen molar-refractivity contribution in [3.05, 3.63) is 100 Å². The standard InChI is InChI=1S/C32H29ClN2O5/c1-17(2)14-24(32(39)40-16-25(36)34-19-9-7-8-18(33)15-19)35-30(37)28-26-20-10-3-4-11-21(20)27(29(28)31(35)38)23-13-6-5-12-22(23)26/h3-13,15,17,24,26-29H,14,16H2,1-2H3,(H,34,36)/t24-,26?,27?,28-,29+/m0/s1. The fourth-order valence-electron chi connectivity index (χ4n) is 6.76. The van der Waals surface area contributed by atoms with Crippen LogP contribution in [0.3, 0.4) is 0 Å². The zero-order chi connectivity index (χ0) is 28.1. The van der Waals surface area contributed by atoms with Gasteiger partial charge in [-0.25, -0.2) is 4.79 Å². The second-order valence-electron chi connectivity index (χ2n) is 11.1. The maximum absolute atomic E-state index is 14.1. The Bertz CT molecular complexity index is 1420. The molecule has 0 aromatic heterocycles. The van der Waals surface area contributed by atoms with E-state index in [1.807, 2.05) is 62.4 Å². The van der Waals surface area contributed by atoms with Crippen molar-refractivity contribution in [1.82, 2.24) is 4.90 Å². The molecule has 204 valence electrons. The summed E-state index contributed by atoms with van der Waals surface area (Å²) >= 11 is 5.98. The van der Waals surface area contributed by atoms with Gasteiger partial charge in [-0.05, 0) is 52.8 Å². The van der Waals surface area contributed by atoms with Gasteiger partial charge in [0.1, 0.15) is 6.04 Å². The Hall–Kier alpha value is -3.97. The molecule has 0 unspecified atom stereocenters. The van der Waals surface area contributed by atoms with E-state index < -0.39 is 36.4 Å². The molecule has 0 saturated carbocycles.